The Bertz CT molecular complexity index is 1130. The molecule has 4 N–H and O–H groups in total. The monoisotopic (exact) mass is 522 g/mol. The van der Waals surface area contributed by atoms with E-state index in [1.54, 1.807) is 0 Å². The van der Waals surface area contributed by atoms with Crippen LogP contribution in [0.1, 0.15) is 30.4 Å². The minimum atomic E-state index is -1.09. The Balaban J connectivity index is 1.64. The number of esters is 3. The summed E-state index contributed by atoms with van der Waals surface area (Å²) in [7, 11) is 1.27. The molecule has 0 bridgehead atoms. The lowest BCUT2D eigenvalue weighted by molar-refractivity contribution is -0.171. The number of rotatable bonds is 10. The largest absolute Gasteiger partial charge is 0.466 e. The summed E-state index contributed by atoms with van der Waals surface area (Å²) in [6.45, 7) is -0.0671. The van der Waals surface area contributed by atoms with Crippen molar-refractivity contribution < 1.29 is 33.3 Å². The van der Waals surface area contributed by atoms with Gasteiger partial charge in [0.05, 0.1) is 18.9 Å². The number of ether oxygens (including phenoxy) is 4. The third kappa shape index (κ3) is 9.17. The van der Waals surface area contributed by atoms with Crippen LogP contribution < -0.4 is 11.5 Å². The second-order valence-electron chi connectivity index (χ2n) is 8.94. The second-order valence-corrected chi connectivity index (χ2v) is 8.94. The Kier molecular flexibility index (Phi) is 11.1. The number of methoxy groups -OCH3 is 1. The fraction of sp³-hybridized carbons (Fsp3) is 0.345. The van der Waals surface area contributed by atoms with Crippen LogP contribution in [0.4, 0.5) is 0 Å². The molecule has 1 aliphatic rings. The molecule has 0 unspecified atom stereocenters. The molecule has 0 saturated carbocycles. The number of benzene rings is 2. The van der Waals surface area contributed by atoms with E-state index >= 15 is 0 Å². The van der Waals surface area contributed by atoms with E-state index in [4.69, 9.17) is 30.4 Å². The van der Waals surface area contributed by atoms with Gasteiger partial charge in [0, 0.05) is 6.42 Å². The molecule has 3 atom stereocenters. The van der Waals surface area contributed by atoms with Gasteiger partial charge in [0.15, 0.2) is 0 Å². The van der Waals surface area contributed by atoms with Crippen LogP contribution in [-0.4, -0.2) is 50.0 Å². The number of allylic oxidation sites excluding steroid dienone is 1. The first-order valence-electron chi connectivity index (χ1n) is 12.4. The third-order valence-electron chi connectivity index (χ3n) is 5.94. The number of nitrogens with two attached hydrogens (primary N) is 2. The van der Waals surface area contributed by atoms with Crippen molar-refractivity contribution in [3.8, 4) is 0 Å². The summed E-state index contributed by atoms with van der Waals surface area (Å²) in [5, 5.41) is 0. The molecule has 38 heavy (non-hydrogen) atoms. The van der Waals surface area contributed by atoms with Gasteiger partial charge in [-0.25, -0.2) is 4.79 Å². The van der Waals surface area contributed by atoms with E-state index in [2.05, 4.69) is 0 Å². The van der Waals surface area contributed by atoms with Crippen LogP contribution in [0.2, 0.25) is 0 Å². The van der Waals surface area contributed by atoms with Crippen LogP contribution in [0, 0.1) is 0 Å². The molecule has 1 aliphatic heterocycles. The van der Waals surface area contributed by atoms with Crippen molar-refractivity contribution >= 4 is 17.9 Å². The van der Waals surface area contributed by atoms with Crippen molar-refractivity contribution in [3.05, 3.63) is 95.3 Å². The lowest BCUT2D eigenvalue weighted by Crippen LogP contribution is -2.37. The van der Waals surface area contributed by atoms with Gasteiger partial charge < -0.3 is 30.4 Å². The molecular weight excluding hydrogens is 488 g/mol. The fourth-order valence-electron chi connectivity index (χ4n) is 3.85. The summed E-state index contributed by atoms with van der Waals surface area (Å²) < 4.78 is 21.5. The Morgan fingerprint density at radius 3 is 2.08 bits per heavy atom. The Morgan fingerprint density at radius 1 is 0.921 bits per heavy atom. The molecule has 0 radical (unpaired) electrons. The summed E-state index contributed by atoms with van der Waals surface area (Å²) in [4.78, 5) is 37.4. The van der Waals surface area contributed by atoms with Crippen LogP contribution in [-0.2, 0) is 46.2 Å². The van der Waals surface area contributed by atoms with Gasteiger partial charge in [0.2, 0.25) is 6.29 Å². The highest BCUT2D eigenvalue weighted by molar-refractivity contribution is 5.88. The van der Waals surface area contributed by atoms with Gasteiger partial charge in [-0.05, 0) is 42.4 Å². The highest BCUT2D eigenvalue weighted by Crippen LogP contribution is 2.20. The average molecular weight is 523 g/mol. The second kappa shape index (κ2) is 14.7. The molecule has 0 saturated heterocycles. The predicted octanol–water partition coefficient (Wildman–Crippen LogP) is 2.72. The van der Waals surface area contributed by atoms with E-state index in [1.165, 1.54) is 13.4 Å². The zero-order valence-corrected chi connectivity index (χ0v) is 21.4. The summed E-state index contributed by atoms with van der Waals surface area (Å²) >= 11 is 0. The van der Waals surface area contributed by atoms with Crippen LogP contribution in [0.3, 0.4) is 0 Å². The number of hydrogen-bond donors (Lipinski definition) is 2. The molecule has 202 valence electrons. The van der Waals surface area contributed by atoms with Gasteiger partial charge in [0.25, 0.3) is 0 Å². The quantitative estimate of drug-likeness (QED) is 0.274. The minimum Gasteiger partial charge on any atom is -0.466 e. The summed E-state index contributed by atoms with van der Waals surface area (Å²) in [5.41, 5.74) is 14.9. The van der Waals surface area contributed by atoms with E-state index in [-0.39, 0.29) is 25.0 Å². The smallest absolute Gasteiger partial charge is 0.336 e. The molecule has 0 amide bonds. The van der Waals surface area contributed by atoms with Gasteiger partial charge in [-0.3, -0.25) is 9.59 Å². The third-order valence-corrected chi connectivity index (χ3v) is 5.94. The Morgan fingerprint density at radius 2 is 1.50 bits per heavy atom. The first kappa shape index (κ1) is 28.6. The van der Waals surface area contributed by atoms with Crippen molar-refractivity contribution in [2.45, 2.75) is 50.5 Å². The first-order chi connectivity index (χ1) is 18.4. The molecule has 0 fully saturated rings. The molecule has 0 spiro atoms. The molecule has 0 aliphatic carbocycles. The molecule has 1 heterocycles. The van der Waals surface area contributed by atoms with Gasteiger partial charge in [-0.15, -0.1) is 0 Å². The SMILES string of the molecule is COC(=O)/C1=C/O[C@@H](OC(=O)[C@@H](N)Cc2ccccc2)C/C(COC(=O)[C@@H](N)Cc2ccccc2)=C\CC1. The first-order valence-corrected chi connectivity index (χ1v) is 12.4. The van der Waals surface area contributed by atoms with Gasteiger partial charge in [-0.2, -0.15) is 0 Å². The van der Waals surface area contributed by atoms with Gasteiger partial charge >= 0.3 is 17.9 Å². The van der Waals surface area contributed by atoms with Crippen LogP contribution in [0.15, 0.2) is 84.1 Å². The van der Waals surface area contributed by atoms with Crippen molar-refractivity contribution in [3.63, 3.8) is 0 Å². The molecule has 2 aromatic carbocycles. The maximum absolute atomic E-state index is 12.7. The highest BCUT2D eigenvalue weighted by atomic mass is 16.7. The Labute approximate surface area is 222 Å². The van der Waals surface area contributed by atoms with Gasteiger partial charge in [-0.1, -0.05) is 66.7 Å². The van der Waals surface area contributed by atoms with E-state index in [0.717, 1.165) is 11.1 Å². The summed E-state index contributed by atoms with van der Waals surface area (Å²) in [6.07, 6.45) is 3.49. The predicted molar refractivity (Wildman–Crippen MR) is 140 cm³/mol. The maximum Gasteiger partial charge on any atom is 0.336 e. The lowest BCUT2D eigenvalue weighted by atomic mass is 10.1. The zero-order chi connectivity index (χ0) is 27.3. The molecule has 9 nitrogen and oxygen atoms in total. The fourth-order valence-corrected chi connectivity index (χ4v) is 3.85. The van der Waals surface area contributed by atoms with Gasteiger partial charge in [0.1, 0.15) is 18.7 Å². The molecule has 3 rings (SSSR count). The Hall–Kier alpha value is -3.95. The lowest BCUT2D eigenvalue weighted by Gasteiger charge is -2.21. The number of carbonyl (C=O) groups excluding carboxylic acids is 3. The number of hydrogen-bond acceptors (Lipinski definition) is 9. The van der Waals surface area contributed by atoms with Crippen LogP contribution >= 0.6 is 0 Å². The van der Waals surface area contributed by atoms with Crippen molar-refractivity contribution in [2.24, 2.45) is 11.5 Å². The van der Waals surface area contributed by atoms with Crippen molar-refractivity contribution in [1.82, 2.24) is 0 Å². The molecule has 2 aromatic rings. The van der Waals surface area contributed by atoms with E-state index < -0.39 is 36.3 Å². The van der Waals surface area contributed by atoms with E-state index in [9.17, 15) is 14.4 Å². The minimum absolute atomic E-state index is 0.0671. The highest BCUT2D eigenvalue weighted by Gasteiger charge is 2.25. The molecule has 9 heteroatoms. The zero-order valence-electron chi connectivity index (χ0n) is 21.4. The normalized spacial score (nSPS) is 19.9. The molecule has 0 aromatic heterocycles. The van der Waals surface area contributed by atoms with Crippen molar-refractivity contribution in [2.75, 3.05) is 13.7 Å². The maximum atomic E-state index is 12.7. The molecular formula is C29H34N2O7. The topological polar surface area (TPSA) is 140 Å². The van der Waals surface area contributed by atoms with E-state index in [0.29, 0.717) is 24.8 Å². The van der Waals surface area contributed by atoms with Crippen molar-refractivity contribution in [1.29, 1.82) is 0 Å². The summed E-state index contributed by atoms with van der Waals surface area (Å²) in [5.74, 6) is -1.76. The van der Waals surface area contributed by atoms with Crippen LogP contribution in [0.25, 0.3) is 0 Å². The standard InChI is InChI=1S/C29H34N2O7/c1-35-27(32)23-14-8-13-22(18-37-28(33)24(30)15-20-9-4-2-5-10-20)17-26(36-19-23)38-29(34)25(31)16-21-11-6-3-7-12-21/h2-7,9-13,19,24-26H,8,14-18,30-31H2,1H3/b22-13+,23-19+/t24-,25-,26-/m0/s1. The number of carbonyl (C=O) groups is 3. The van der Waals surface area contributed by atoms with Crippen LogP contribution in [0.5, 0.6) is 0 Å². The van der Waals surface area contributed by atoms with E-state index in [1.807, 2.05) is 66.7 Å². The summed E-state index contributed by atoms with van der Waals surface area (Å²) in [6, 6.07) is 17.0. The average Bonchev–Trinajstić information content (AvgIpc) is 3.02.